The summed E-state index contributed by atoms with van der Waals surface area (Å²) in [7, 11) is 1.32. The first-order valence-corrected chi connectivity index (χ1v) is 7.03. The number of anilines is 2. The number of halogens is 1. The number of aromatic nitrogens is 1. The van der Waals surface area contributed by atoms with E-state index in [0.717, 1.165) is 8.66 Å². The van der Waals surface area contributed by atoms with Gasteiger partial charge < -0.3 is 15.8 Å². The highest BCUT2D eigenvalue weighted by Crippen LogP contribution is 2.25. The van der Waals surface area contributed by atoms with Crippen LogP contribution < -0.4 is 11.1 Å². The van der Waals surface area contributed by atoms with E-state index in [0.29, 0.717) is 23.6 Å². The lowest BCUT2D eigenvalue weighted by Crippen LogP contribution is -2.10. The van der Waals surface area contributed by atoms with E-state index in [2.05, 4.69) is 31.0 Å². The molecule has 0 amide bonds. The monoisotopic (exact) mass is 341 g/mol. The Morgan fingerprint density at radius 2 is 2.32 bits per heavy atom. The Morgan fingerprint density at radius 3 is 2.95 bits per heavy atom. The number of ether oxygens (including phenoxy) is 1. The number of methoxy groups -OCH3 is 1. The van der Waals surface area contributed by atoms with Gasteiger partial charge in [-0.1, -0.05) is 0 Å². The molecule has 2 aromatic heterocycles. The number of thiophene rings is 1. The van der Waals surface area contributed by atoms with Crippen molar-refractivity contribution in [1.82, 2.24) is 4.98 Å². The molecule has 0 atom stereocenters. The molecule has 0 spiro atoms. The molecule has 0 unspecified atom stereocenters. The van der Waals surface area contributed by atoms with Gasteiger partial charge >= 0.3 is 5.97 Å². The number of hydrogen-bond acceptors (Lipinski definition) is 6. The third-order valence-electron chi connectivity index (χ3n) is 2.45. The molecule has 7 heteroatoms. The molecule has 2 heterocycles. The minimum Gasteiger partial charge on any atom is -0.465 e. The van der Waals surface area contributed by atoms with Crippen molar-refractivity contribution in [1.29, 1.82) is 0 Å². The van der Waals surface area contributed by atoms with Crippen LogP contribution in [0.1, 0.15) is 15.2 Å². The third kappa shape index (κ3) is 3.24. The lowest BCUT2D eigenvalue weighted by molar-refractivity contribution is 0.0602. The summed E-state index contributed by atoms with van der Waals surface area (Å²) in [5.74, 6) is 0.00856. The van der Waals surface area contributed by atoms with Gasteiger partial charge in [-0.3, -0.25) is 0 Å². The first kappa shape index (κ1) is 13.8. The Balaban J connectivity index is 2.14. The molecule has 0 bridgehead atoms. The quantitative estimate of drug-likeness (QED) is 0.836. The molecular formula is C12H12BrN3O2S. The van der Waals surface area contributed by atoms with Gasteiger partial charge in [-0.05, 0) is 34.1 Å². The Morgan fingerprint density at radius 1 is 1.53 bits per heavy atom. The Kier molecular flexibility index (Phi) is 4.39. The van der Waals surface area contributed by atoms with Crippen LogP contribution in [0, 0.1) is 0 Å². The van der Waals surface area contributed by atoms with Crippen LogP contribution in [0.25, 0.3) is 0 Å². The molecule has 5 nitrogen and oxygen atoms in total. The summed E-state index contributed by atoms with van der Waals surface area (Å²) in [6.07, 6.45) is 1.52. The van der Waals surface area contributed by atoms with Crippen molar-refractivity contribution >= 4 is 44.7 Å². The van der Waals surface area contributed by atoms with E-state index >= 15 is 0 Å². The number of nitrogens with one attached hydrogen (secondary N) is 1. The van der Waals surface area contributed by atoms with Crippen molar-refractivity contribution in [2.45, 2.75) is 6.54 Å². The van der Waals surface area contributed by atoms with Crippen LogP contribution in [-0.2, 0) is 11.3 Å². The summed E-state index contributed by atoms with van der Waals surface area (Å²) in [4.78, 5) is 16.8. The van der Waals surface area contributed by atoms with Crippen molar-refractivity contribution in [3.05, 3.63) is 38.6 Å². The van der Waals surface area contributed by atoms with Crippen LogP contribution in [0.5, 0.6) is 0 Å². The lowest BCUT2D eigenvalue weighted by Gasteiger charge is -2.09. The van der Waals surface area contributed by atoms with E-state index in [1.807, 2.05) is 12.1 Å². The van der Waals surface area contributed by atoms with Crippen LogP contribution in [0.4, 0.5) is 11.5 Å². The Hall–Kier alpha value is -1.60. The van der Waals surface area contributed by atoms with Crippen LogP contribution >= 0.6 is 27.3 Å². The van der Waals surface area contributed by atoms with Gasteiger partial charge in [0.1, 0.15) is 5.82 Å². The summed E-state index contributed by atoms with van der Waals surface area (Å²) in [6.45, 7) is 0.595. The van der Waals surface area contributed by atoms with Crippen molar-refractivity contribution in [3.63, 3.8) is 0 Å². The number of nitrogens with zero attached hydrogens (tertiary/aromatic N) is 1. The summed E-state index contributed by atoms with van der Waals surface area (Å²) in [5, 5.41) is 3.11. The molecule has 100 valence electrons. The number of pyridine rings is 1. The van der Waals surface area contributed by atoms with E-state index in [-0.39, 0.29) is 0 Å². The van der Waals surface area contributed by atoms with Crippen LogP contribution in [0.3, 0.4) is 0 Å². The second kappa shape index (κ2) is 6.03. The average Bonchev–Trinajstić information content (AvgIpc) is 2.82. The SMILES string of the molecule is COC(=O)c1ccnc(NCc2ccc(Br)s2)c1N. The highest BCUT2D eigenvalue weighted by Gasteiger charge is 2.13. The highest BCUT2D eigenvalue weighted by molar-refractivity contribution is 9.11. The maximum atomic E-state index is 11.5. The third-order valence-corrected chi connectivity index (χ3v) is 4.08. The minimum atomic E-state index is -0.471. The van der Waals surface area contributed by atoms with Gasteiger partial charge in [0.2, 0.25) is 0 Å². The van der Waals surface area contributed by atoms with Gasteiger partial charge in [0, 0.05) is 11.1 Å². The van der Waals surface area contributed by atoms with Crippen molar-refractivity contribution in [2.24, 2.45) is 0 Å². The maximum Gasteiger partial charge on any atom is 0.340 e. The average molecular weight is 342 g/mol. The molecule has 0 radical (unpaired) electrons. The van der Waals surface area contributed by atoms with Crippen LogP contribution in [-0.4, -0.2) is 18.1 Å². The Bertz CT molecular complexity index is 600. The fourth-order valence-electron chi connectivity index (χ4n) is 1.52. The summed E-state index contributed by atoms with van der Waals surface area (Å²) in [6, 6.07) is 5.51. The van der Waals surface area contributed by atoms with Crippen LogP contribution in [0.15, 0.2) is 28.2 Å². The predicted molar refractivity (Wildman–Crippen MR) is 79.3 cm³/mol. The topological polar surface area (TPSA) is 77.2 Å². The maximum absolute atomic E-state index is 11.5. The first-order chi connectivity index (χ1) is 9.11. The predicted octanol–water partition coefficient (Wildman–Crippen LogP) is 2.89. The van der Waals surface area contributed by atoms with Crippen molar-refractivity contribution in [3.8, 4) is 0 Å². The van der Waals surface area contributed by atoms with Gasteiger partial charge in [0.05, 0.1) is 28.7 Å². The van der Waals surface area contributed by atoms with E-state index in [1.54, 1.807) is 11.3 Å². The summed E-state index contributed by atoms with van der Waals surface area (Å²) >= 11 is 5.02. The zero-order valence-electron chi connectivity index (χ0n) is 10.1. The zero-order valence-corrected chi connectivity index (χ0v) is 12.5. The lowest BCUT2D eigenvalue weighted by atomic mass is 10.2. The fourth-order valence-corrected chi connectivity index (χ4v) is 2.94. The summed E-state index contributed by atoms with van der Waals surface area (Å²) < 4.78 is 5.72. The number of esters is 1. The number of carbonyl (C=O) groups excluding carboxylic acids is 1. The van der Waals surface area contributed by atoms with E-state index in [1.165, 1.54) is 19.4 Å². The molecule has 0 aliphatic rings. The number of nitrogens with two attached hydrogens (primary N) is 1. The Labute approximate surface area is 122 Å². The molecule has 19 heavy (non-hydrogen) atoms. The second-order valence-electron chi connectivity index (χ2n) is 3.67. The highest BCUT2D eigenvalue weighted by atomic mass is 79.9. The molecular weight excluding hydrogens is 330 g/mol. The fraction of sp³-hybridized carbons (Fsp3) is 0.167. The molecule has 3 N–H and O–H groups in total. The molecule has 0 aliphatic carbocycles. The zero-order chi connectivity index (χ0) is 13.8. The standard InChI is InChI=1S/C12H12BrN3O2S/c1-18-12(17)8-4-5-15-11(10(8)14)16-6-7-2-3-9(13)19-7/h2-5H,6,14H2,1H3,(H,15,16). The molecule has 0 aromatic carbocycles. The van der Waals surface area contributed by atoms with Crippen LogP contribution in [0.2, 0.25) is 0 Å². The van der Waals surface area contributed by atoms with Gasteiger partial charge in [-0.2, -0.15) is 0 Å². The molecule has 0 saturated heterocycles. The van der Waals surface area contributed by atoms with Gasteiger partial charge in [-0.25, -0.2) is 9.78 Å². The number of hydrogen-bond donors (Lipinski definition) is 2. The number of rotatable bonds is 4. The first-order valence-electron chi connectivity index (χ1n) is 5.42. The smallest absolute Gasteiger partial charge is 0.340 e. The largest absolute Gasteiger partial charge is 0.465 e. The molecule has 2 aromatic rings. The van der Waals surface area contributed by atoms with Gasteiger partial charge in [0.15, 0.2) is 0 Å². The second-order valence-corrected chi connectivity index (χ2v) is 6.22. The van der Waals surface area contributed by atoms with E-state index in [9.17, 15) is 4.79 Å². The molecule has 0 saturated carbocycles. The normalized spacial score (nSPS) is 10.2. The molecule has 0 aliphatic heterocycles. The molecule has 2 rings (SSSR count). The number of carbonyl (C=O) groups is 1. The number of nitrogen functional groups attached to an aromatic ring is 1. The van der Waals surface area contributed by atoms with E-state index in [4.69, 9.17) is 5.73 Å². The minimum absolute atomic E-state index is 0.296. The van der Waals surface area contributed by atoms with Crippen molar-refractivity contribution < 1.29 is 9.53 Å². The summed E-state index contributed by atoms with van der Waals surface area (Å²) in [5.41, 5.74) is 6.51. The van der Waals surface area contributed by atoms with Gasteiger partial charge in [-0.15, -0.1) is 11.3 Å². The van der Waals surface area contributed by atoms with Crippen molar-refractivity contribution in [2.75, 3.05) is 18.2 Å². The molecule has 0 fully saturated rings. The van der Waals surface area contributed by atoms with Gasteiger partial charge in [0.25, 0.3) is 0 Å². The van der Waals surface area contributed by atoms with E-state index < -0.39 is 5.97 Å².